The van der Waals surface area contributed by atoms with E-state index in [1.54, 1.807) is 6.92 Å². The van der Waals surface area contributed by atoms with Crippen LogP contribution in [0.1, 0.15) is 21.6 Å². The highest BCUT2D eigenvalue weighted by Crippen LogP contribution is 2.32. The molecule has 0 radical (unpaired) electrons. The topological polar surface area (TPSA) is 71.3 Å². The molecule has 0 atom stereocenters. The summed E-state index contributed by atoms with van der Waals surface area (Å²) in [6.45, 7) is 1.55. The number of likely N-dealkylation sites (N-methyl/N-ethyl adjacent to an activating group) is 1. The summed E-state index contributed by atoms with van der Waals surface area (Å²) in [4.78, 5) is 24.7. The van der Waals surface area contributed by atoms with Gasteiger partial charge < -0.3 is 10.4 Å². The number of hydrogen-bond acceptors (Lipinski definition) is 3. The third-order valence-electron chi connectivity index (χ3n) is 4.39. The van der Waals surface area contributed by atoms with Crippen LogP contribution in [0.15, 0.2) is 30.3 Å². The fourth-order valence-corrected chi connectivity index (χ4v) is 2.98. The van der Waals surface area contributed by atoms with Gasteiger partial charge in [0.25, 0.3) is 5.91 Å². The quantitative estimate of drug-likeness (QED) is 0.738. The minimum absolute atomic E-state index is 0.108. The molecule has 1 aromatic heterocycles. The Labute approximate surface area is 152 Å². The minimum atomic E-state index is -1.19. The molecule has 27 heavy (non-hydrogen) atoms. The highest BCUT2D eigenvalue weighted by molar-refractivity contribution is 6.05. The summed E-state index contributed by atoms with van der Waals surface area (Å²) in [7, 11) is 1.44. The molecule has 0 saturated carbocycles. The fourth-order valence-electron chi connectivity index (χ4n) is 2.98. The van der Waals surface area contributed by atoms with Crippen LogP contribution in [-0.4, -0.2) is 28.5 Å². The zero-order valence-electron chi connectivity index (χ0n) is 14.4. The van der Waals surface area contributed by atoms with Crippen molar-refractivity contribution in [2.45, 2.75) is 13.3 Å². The van der Waals surface area contributed by atoms with Crippen LogP contribution < -0.4 is 5.32 Å². The molecule has 3 rings (SSSR count). The smallest absolute Gasteiger partial charge is 0.262 e. The van der Waals surface area contributed by atoms with E-state index < -0.39 is 29.1 Å². The third-order valence-corrected chi connectivity index (χ3v) is 4.39. The molecule has 0 unspecified atom stereocenters. The maximum absolute atomic E-state index is 13.9. The number of benzene rings is 2. The standard InChI is InChI=1S/C19H15F3N2O3/c1-9-11(7-18(26)23-2)12-6-17(25)15(22)8-16(12)24(9)19(27)10-3-4-13(20)14(21)5-10/h3-6,8,25H,7H2,1-2H3,(H,23,26). The lowest BCUT2D eigenvalue weighted by Crippen LogP contribution is -2.20. The van der Waals surface area contributed by atoms with Crippen LogP contribution in [-0.2, 0) is 11.2 Å². The number of amides is 1. The normalized spacial score (nSPS) is 11.0. The molecule has 0 spiro atoms. The lowest BCUT2D eigenvalue weighted by molar-refractivity contribution is -0.119. The number of phenols is 1. The van der Waals surface area contributed by atoms with Gasteiger partial charge >= 0.3 is 0 Å². The van der Waals surface area contributed by atoms with Crippen molar-refractivity contribution < 1.29 is 27.9 Å². The summed E-state index contributed by atoms with van der Waals surface area (Å²) < 4.78 is 41.7. The van der Waals surface area contributed by atoms with Gasteiger partial charge in [0.15, 0.2) is 23.2 Å². The van der Waals surface area contributed by atoms with Gasteiger partial charge in [-0.3, -0.25) is 14.2 Å². The van der Waals surface area contributed by atoms with Crippen LogP contribution in [0.25, 0.3) is 10.9 Å². The summed E-state index contributed by atoms with van der Waals surface area (Å²) in [6.07, 6.45) is -0.109. The van der Waals surface area contributed by atoms with Gasteiger partial charge in [0, 0.05) is 29.8 Å². The molecule has 0 saturated heterocycles. The van der Waals surface area contributed by atoms with Gasteiger partial charge in [-0.15, -0.1) is 0 Å². The Bertz CT molecular complexity index is 1090. The van der Waals surface area contributed by atoms with Crippen LogP contribution >= 0.6 is 0 Å². The van der Waals surface area contributed by atoms with Crippen LogP contribution in [0.2, 0.25) is 0 Å². The molecular formula is C19H15F3N2O3. The van der Waals surface area contributed by atoms with Gasteiger partial charge in [0.05, 0.1) is 11.9 Å². The van der Waals surface area contributed by atoms with Crippen molar-refractivity contribution in [3.8, 4) is 5.75 Å². The van der Waals surface area contributed by atoms with Crippen LogP contribution in [0.3, 0.4) is 0 Å². The second-order valence-electron chi connectivity index (χ2n) is 6.00. The molecule has 5 nitrogen and oxygen atoms in total. The first-order valence-electron chi connectivity index (χ1n) is 7.97. The number of aromatic hydroxyl groups is 1. The van der Waals surface area contributed by atoms with Crippen molar-refractivity contribution in [2.75, 3.05) is 7.05 Å². The number of nitrogens with zero attached hydrogens (tertiary/aromatic N) is 1. The molecule has 3 aromatic rings. The Balaban J connectivity index is 2.26. The van der Waals surface area contributed by atoms with Crippen molar-refractivity contribution in [2.24, 2.45) is 0 Å². The molecule has 0 fully saturated rings. The van der Waals surface area contributed by atoms with E-state index in [0.717, 1.165) is 34.9 Å². The number of carbonyl (C=O) groups excluding carboxylic acids is 2. The zero-order chi connectivity index (χ0) is 19.9. The largest absolute Gasteiger partial charge is 0.505 e. The van der Waals surface area contributed by atoms with E-state index in [1.807, 2.05) is 0 Å². The van der Waals surface area contributed by atoms with Gasteiger partial charge in [-0.05, 0) is 36.8 Å². The molecule has 1 amide bonds. The second kappa shape index (κ2) is 6.79. The van der Waals surface area contributed by atoms with Gasteiger partial charge in [-0.1, -0.05) is 0 Å². The highest BCUT2D eigenvalue weighted by Gasteiger charge is 2.23. The van der Waals surface area contributed by atoms with Crippen LogP contribution in [0.4, 0.5) is 13.2 Å². The average molecular weight is 376 g/mol. The van der Waals surface area contributed by atoms with E-state index in [9.17, 15) is 27.9 Å². The van der Waals surface area contributed by atoms with Crippen molar-refractivity contribution in [3.05, 3.63) is 64.6 Å². The van der Waals surface area contributed by atoms with Crippen molar-refractivity contribution in [1.82, 2.24) is 9.88 Å². The number of nitrogens with one attached hydrogen (secondary N) is 1. The number of halogens is 3. The van der Waals surface area contributed by atoms with Gasteiger partial charge in [0.1, 0.15) is 0 Å². The molecule has 0 bridgehead atoms. The van der Waals surface area contributed by atoms with E-state index >= 15 is 0 Å². The van der Waals surface area contributed by atoms with Crippen LogP contribution in [0.5, 0.6) is 5.75 Å². The third kappa shape index (κ3) is 3.14. The van der Waals surface area contributed by atoms with Gasteiger partial charge in [-0.25, -0.2) is 13.2 Å². The molecule has 0 aliphatic rings. The number of fused-ring (bicyclic) bond motifs is 1. The number of rotatable bonds is 3. The molecule has 1 heterocycles. The van der Waals surface area contributed by atoms with Crippen molar-refractivity contribution in [1.29, 1.82) is 0 Å². The van der Waals surface area contributed by atoms with E-state index in [4.69, 9.17) is 0 Å². The summed E-state index contributed by atoms with van der Waals surface area (Å²) in [5.41, 5.74) is 0.703. The summed E-state index contributed by atoms with van der Waals surface area (Å²) in [5.74, 6) is -4.93. The van der Waals surface area contributed by atoms with E-state index in [2.05, 4.69) is 5.32 Å². The van der Waals surface area contributed by atoms with E-state index in [-0.39, 0.29) is 23.4 Å². The predicted octanol–water partition coefficient (Wildman–Crippen LogP) is 3.05. The minimum Gasteiger partial charge on any atom is -0.505 e. The van der Waals surface area contributed by atoms with E-state index in [1.165, 1.54) is 7.05 Å². The Morgan fingerprint density at radius 2 is 1.78 bits per heavy atom. The summed E-state index contributed by atoms with van der Waals surface area (Å²) in [6, 6.07) is 4.77. The fraction of sp³-hybridized carbons (Fsp3) is 0.158. The molecule has 2 N–H and O–H groups in total. The number of phenolic OH excluding ortho intramolecular Hbond substituents is 1. The Morgan fingerprint density at radius 3 is 2.41 bits per heavy atom. The molecule has 8 heteroatoms. The SMILES string of the molecule is CNC(=O)Cc1c(C)n(C(=O)c2ccc(F)c(F)c2)c2cc(F)c(O)cc12. The first kappa shape index (κ1) is 18.5. The van der Waals surface area contributed by atoms with Crippen molar-refractivity contribution >= 4 is 22.7 Å². The average Bonchev–Trinajstić information content (AvgIpc) is 2.88. The maximum Gasteiger partial charge on any atom is 0.262 e. The molecular weight excluding hydrogens is 361 g/mol. The molecule has 2 aromatic carbocycles. The van der Waals surface area contributed by atoms with E-state index in [0.29, 0.717) is 16.6 Å². The molecule has 0 aliphatic heterocycles. The van der Waals surface area contributed by atoms with Gasteiger partial charge in [0.2, 0.25) is 5.91 Å². The zero-order valence-corrected chi connectivity index (χ0v) is 14.4. The lowest BCUT2D eigenvalue weighted by atomic mass is 10.1. The Kier molecular flexibility index (Phi) is 4.65. The first-order valence-corrected chi connectivity index (χ1v) is 7.97. The lowest BCUT2D eigenvalue weighted by Gasteiger charge is -2.08. The number of hydrogen-bond donors (Lipinski definition) is 2. The van der Waals surface area contributed by atoms with Crippen LogP contribution in [0, 0.1) is 24.4 Å². The Hall–Kier alpha value is -3.29. The number of aromatic nitrogens is 1. The summed E-state index contributed by atoms with van der Waals surface area (Å²) >= 11 is 0. The monoisotopic (exact) mass is 376 g/mol. The molecule has 140 valence electrons. The number of carbonyl (C=O) groups is 2. The second-order valence-corrected chi connectivity index (χ2v) is 6.00. The summed E-state index contributed by atoms with van der Waals surface area (Å²) in [5, 5.41) is 12.5. The molecule has 0 aliphatic carbocycles. The first-order chi connectivity index (χ1) is 12.7. The van der Waals surface area contributed by atoms with Crippen molar-refractivity contribution in [3.63, 3.8) is 0 Å². The predicted molar refractivity (Wildman–Crippen MR) is 92.2 cm³/mol. The highest BCUT2D eigenvalue weighted by atomic mass is 19.2. The maximum atomic E-state index is 13.9. The van der Waals surface area contributed by atoms with Gasteiger partial charge in [-0.2, -0.15) is 0 Å². The Morgan fingerprint density at radius 1 is 1.07 bits per heavy atom.